The van der Waals surface area contributed by atoms with E-state index in [-0.39, 0.29) is 18.4 Å². The molecule has 1 N–H and O–H groups in total. The molecule has 0 unspecified atom stereocenters. The zero-order chi connectivity index (χ0) is 15.2. The molecule has 0 aliphatic carbocycles. The molecule has 0 aromatic heterocycles. The summed E-state index contributed by atoms with van der Waals surface area (Å²) in [5.74, 6) is -0.409. The summed E-state index contributed by atoms with van der Waals surface area (Å²) in [6.45, 7) is 2.05. The molecule has 1 fully saturated rings. The topological polar surface area (TPSA) is 69.7 Å². The molecule has 0 radical (unpaired) electrons. The standard InChI is InChI=1S/C14H16BrN3O3/c15-12-3-1-11(2-4-12)14(21)16-9-13(20)18-7-5-17(10-19)6-8-18/h1-4,10H,5-9H2,(H,16,21). The van der Waals surface area contributed by atoms with Crippen molar-refractivity contribution in [2.45, 2.75) is 0 Å². The van der Waals surface area contributed by atoms with Gasteiger partial charge in [-0.1, -0.05) is 15.9 Å². The van der Waals surface area contributed by atoms with Crippen LogP contribution in [0.15, 0.2) is 28.7 Å². The molecule has 1 aromatic rings. The van der Waals surface area contributed by atoms with Crippen molar-refractivity contribution in [3.63, 3.8) is 0 Å². The first-order valence-electron chi connectivity index (χ1n) is 6.61. The van der Waals surface area contributed by atoms with Gasteiger partial charge < -0.3 is 15.1 Å². The van der Waals surface area contributed by atoms with Crippen LogP contribution in [0, 0.1) is 0 Å². The van der Waals surface area contributed by atoms with Crippen molar-refractivity contribution in [3.05, 3.63) is 34.3 Å². The van der Waals surface area contributed by atoms with Gasteiger partial charge in [0, 0.05) is 36.2 Å². The van der Waals surface area contributed by atoms with Crippen LogP contribution in [0.2, 0.25) is 0 Å². The number of hydrogen-bond acceptors (Lipinski definition) is 3. The van der Waals surface area contributed by atoms with Gasteiger partial charge in [-0.25, -0.2) is 0 Å². The van der Waals surface area contributed by atoms with Crippen LogP contribution in [0.1, 0.15) is 10.4 Å². The Balaban J connectivity index is 1.80. The number of nitrogens with zero attached hydrogens (tertiary/aromatic N) is 2. The molecule has 1 aliphatic rings. The number of carbonyl (C=O) groups excluding carboxylic acids is 3. The van der Waals surface area contributed by atoms with Crippen molar-refractivity contribution >= 4 is 34.2 Å². The minimum Gasteiger partial charge on any atom is -0.343 e. The number of amides is 3. The van der Waals surface area contributed by atoms with Gasteiger partial charge in [-0.05, 0) is 24.3 Å². The summed E-state index contributed by atoms with van der Waals surface area (Å²) in [6, 6.07) is 6.92. The maximum absolute atomic E-state index is 12.0. The molecular formula is C14H16BrN3O3. The molecule has 7 heteroatoms. The number of piperazine rings is 1. The van der Waals surface area contributed by atoms with E-state index in [4.69, 9.17) is 0 Å². The molecular weight excluding hydrogens is 338 g/mol. The zero-order valence-corrected chi connectivity index (χ0v) is 13.0. The minimum absolute atomic E-state index is 0.0318. The smallest absolute Gasteiger partial charge is 0.251 e. The second kappa shape index (κ2) is 7.21. The number of carbonyl (C=O) groups is 3. The molecule has 1 saturated heterocycles. The van der Waals surface area contributed by atoms with E-state index in [1.807, 2.05) is 0 Å². The largest absolute Gasteiger partial charge is 0.343 e. The normalized spacial score (nSPS) is 14.7. The molecule has 0 bridgehead atoms. The Hall–Kier alpha value is -1.89. The number of hydrogen-bond donors (Lipinski definition) is 1. The summed E-state index contributed by atoms with van der Waals surface area (Å²) in [5, 5.41) is 2.61. The molecule has 2 rings (SSSR count). The maximum Gasteiger partial charge on any atom is 0.251 e. The Morgan fingerprint density at radius 2 is 1.76 bits per heavy atom. The summed E-state index contributed by atoms with van der Waals surface area (Å²) in [4.78, 5) is 37.7. The Labute approximate surface area is 131 Å². The van der Waals surface area contributed by atoms with E-state index < -0.39 is 0 Å². The number of nitrogens with one attached hydrogen (secondary N) is 1. The molecule has 0 saturated carbocycles. The van der Waals surface area contributed by atoms with Crippen LogP contribution >= 0.6 is 15.9 Å². The SMILES string of the molecule is O=CN1CCN(C(=O)CNC(=O)c2ccc(Br)cc2)CC1. The number of benzene rings is 1. The maximum atomic E-state index is 12.0. The third-order valence-corrected chi connectivity index (χ3v) is 3.85. The van der Waals surface area contributed by atoms with Crippen LogP contribution in [0.4, 0.5) is 0 Å². The highest BCUT2D eigenvalue weighted by Crippen LogP contribution is 2.10. The first-order chi connectivity index (χ1) is 10.1. The lowest BCUT2D eigenvalue weighted by molar-refractivity contribution is -0.134. The minimum atomic E-state index is -0.276. The van der Waals surface area contributed by atoms with Gasteiger partial charge in [-0.3, -0.25) is 14.4 Å². The average Bonchev–Trinajstić information content (AvgIpc) is 2.53. The van der Waals surface area contributed by atoms with E-state index in [1.54, 1.807) is 34.1 Å². The van der Waals surface area contributed by atoms with Crippen molar-refractivity contribution < 1.29 is 14.4 Å². The average molecular weight is 354 g/mol. The summed E-state index contributed by atoms with van der Waals surface area (Å²) in [5.41, 5.74) is 0.511. The first kappa shape index (κ1) is 15.5. The van der Waals surface area contributed by atoms with E-state index in [2.05, 4.69) is 21.2 Å². The van der Waals surface area contributed by atoms with Crippen molar-refractivity contribution in [1.29, 1.82) is 0 Å². The second-order valence-corrected chi connectivity index (χ2v) is 5.63. The van der Waals surface area contributed by atoms with Crippen LogP contribution in [0.25, 0.3) is 0 Å². The summed E-state index contributed by atoms with van der Waals surface area (Å²) in [6.07, 6.45) is 0.789. The van der Waals surface area contributed by atoms with Crippen LogP contribution in [-0.4, -0.2) is 60.7 Å². The highest BCUT2D eigenvalue weighted by atomic mass is 79.9. The fraction of sp³-hybridized carbons (Fsp3) is 0.357. The summed E-state index contributed by atoms with van der Waals surface area (Å²) < 4.78 is 0.892. The zero-order valence-electron chi connectivity index (χ0n) is 11.4. The quantitative estimate of drug-likeness (QED) is 0.800. The molecule has 21 heavy (non-hydrogen) atoms. The molecule has 0 atom stereocenters. The van der Waals surface area contributed by atoms with Gasteiger partial charge in [-0.2, -0.15) is 0 Å². The van der Waals surface area contributed by atoms with Crippen molar-refractivity contribution in [2.24, 2.45) is 0 Å². The summed E-state index contributed by atoms with van der Waals surface area (Å²) >= 11 is 3.30. The van der Waals surface area contributed by atoms with E-state index in [0.29, 0.717) is 31.7 Å². The van der Waals surface area contributed by atoms with Crippen LogP contribution in [-0.2, 0) is 9.59 Å². The monoisotopic (exact) mass is 353 g/mol. The van der Waals surface area contributed by atoms with Crippen molar-refractivity contribution in [2.75, 3.05) is 32.7 Å². The third kappa shape index (κ3) is 4.29. The predicted octanol–water partition coefficient (Wildman–Crippen LogP) is 0.480. The van der Waals surface area contributed by atoms with Gasteiger partial charge in [0.1, 0.15) is 0 Å². The van der Waals surface area contributed by atoms with Gasteiger partial charge in [-0.15, -0.1) is 0 Å². The fourth-order valence-electron chi connectivity index (χ4n) is 2.05. The lowest BCUT2D eigenvalue weighted by Crippen LogP contribution is -2.50. The molecule has 3 amide bonds. The van der Waals surface area contributed by atoms with Crippen LogP contribution in [0.5, 0.6) is 0 Å². The molecule has 1 heterocycles. The fourth-order valence-corrected chi connectivity index (χ4v) is 2.31. The van der Waals surface area contributed by atoms with Gasteiger partial charge >= 0.3 is 0 Å². The lowest BCUT2D eigenvalue weighted by atomic mass is 10.2. The van der Waals surface area contributed by atoms with Gasteiger partial charge in [0.2, 0.25) is 12.3 Å². The first-order valence-corrected chi connectivity index (χ1v) is 7.40. The molecule has 1 aliphatic heterocycles. The molecule has 0 spiro atoms. The number of rotatable bonds is 4. The Morgan fingerprint density at radius 1 is 1.14 bits per heavy atom. The summed E-state index contributed by atoms with van der Waals surface area (Å²) in [7, 11) is 0. The lowest BCUT2D eigenvalue weighted by Gasteiger charge is -2.32. The van der Waals surface area contributed by atoms with Crippen molar-refractivity contribution in [1.82, 2.24) is 15.1 Å². The second-order valence-electron chi connectivity index (χ2n) is 4.71. The Kier molecular flexibility index (Phi) is 5.32. The van der Waals surface area contributed by atoms with Gasteiger partial charge in [0.15, 0.2) is 0 Å². The molecule has 1 aromatic carbocycles. The van der Waals surface area contributed by atoms with E-state index in [0.717, 1.165) is 10.9 Å². The van der Waals surface area contributed by atoms with E-state index >= 15 is 0 Å². The molecule has 6 nitrogen and oxygen atoms in total. The third-order valence-electron chi connectivity index (χ3n) is 3.32. The highest BCUT2D eigenvalue weighted by molar-refractivity contribution is 9.10. The Bertz CT molecular complexity index is 525. The van der Waals surface area contributed by atoms with E-state index in [1.165, 1.54) is 0 Å². The van der Waals surface area contributed by atoms with Crippen LogP contribution in [0.3, 0.4) is 0 Å². The van der Waals surface area contributed by atoms with Crippen LogP contribution < -0.4 is 5.32 Å². The number of halogens is 1. The van der Waals surface area contributed by atoms with Gasteiger partial charge in [0.05, 0.1) is 6.54 Å². The molecule has 112 valence electrons. The van der Waals surface area contributed by atoms with E-state index in [9.17, 15) is 14.4 Å². The highest BCUT2D eigenvalue weighted by Gasteiger charge is 2.20. The Morgan fingerprint density at radius 3 is 2.33 bits per heavy atom. The van der Waals surface area contributed by atoms with Gasteiger partial charge in [0.25, 0.3) is 5.91 Å². The van der Waals surface area contributed by atoms with Crippen molar-refractivity contribution in [3.8, 4) is 0 Å². The predicted molar refractivity (Wildman–Crippen MR) is 80.7 cm³/mol.